The molecule has 9 heteroatoms. The first kappa shape index (κ1) is 40.2. The molecule has 0 rings (SSSR count). The molecule has 0 amide bonds. The van der Waals surface area contributed by atoms with E-state index in [9.17, 15) is 4.79 Å². The molecule has 246 valence electrons. The first-order valence-electron chi connectivity index (χ1n) is 16.2. The van der Waals surface area contributed by atoms with E-state index in [4.69, 9.17) is 37.9 Å². The van der Waals surface area contributed by atoms with E-state index in [1.165, 1.54) is 64.2 Å². The Hall–Kier alpha value is -0.810. The molecule has 0 atom stereocenters. The summed E-state index contributed by atoms with van der Waals surface area (Å²) in [4.78, 5) is 11.5. The summed E-state index contributed by atoms with van der Waals surface area (Å²) in [5.41, 5.74) is -0.463. The van der Waals surface area contributed by atoms with E-state index in [1.54, 1.807) is 0 Å². The molecule has 0 saturated heterocycles. The van der Waals surface area contributed by atoms with Gasteiger partial charge in [-0.25, -0.2) is 0 Å². The predicted octanol–water partition coefficient (Wildman–Crippen LogP) is 6.15. The first-order valence-corrected chi connectivity index (χ1v) is 16.2. The van der Waals surface area contributed by atoms with Gasteiger partial charge in [0.1, 0.15) is 5.60 Å². The van der Waals surface area contributed by atoms with Gasteiger partial charge in [0.25, 0.3) is 0 Å². The Morgan fingerprint density at radius 1 is 0.415 bits per heavy atom. The van der Waals surface area contributed by atoms with Gasteiger partial charge in [-0.05, 0) is 27.2 Å². The number of hydrogen-bond donors (Lipinski definition) is 0. The van der Waals surface area contributed by atoms with Crippen molar-refractivity contribution in [2.45, 2.75) is 110 Å². The third-order valence-electron chi connectivity index (χ3n) is 5.99. The van der Waals surface area contributed by atoms with Crippen molar-refractivity contribution < 1.29 is 42.7 Å². The molecule has 0 aromatic carbocycles. The topological polar surface area (TPSA) is 90.9 Å². The van der Waals surface area contributed by atoms with Gasteiger partial charge < -0.3 is 37.9 Å². The molecule has 0 aromatic heterocycles. The summed E-state index contributed by atoms with van der Waals surface area (Å²) >= 11 is 0. The van der Waals surface area contributed by atoms with Crippen molar-refractivity contribution in [2.24, 2.45) is 0 Å². The van der Waals surface area contributed by atoms with Gasteiger partial charge in [-0.1, -0.05) is 71.1 Å². The van der Waals surface area contributed by atoms with Crippen molar-refractivity contribution in [1.82, 2.24) is 0 Å². The van der Waals surface area contributed by atoms with Gasteiger partial charge in [0.2, 0.25) is 0 Å². The second-order valence-electron chi connectivity index (χ2n) is 11.2. The maximum Gasteiger partial charge on any atom is 0.308 e. The molecule has 0 fully saturated rings. The second kappa shape index (κ2) is 32.1. The fourth-order valence-electron chi connectivity index (χ4n) is 3.84. The monoisotopic (exact) mass is 592 g/mol. The third-order valence-corrected chi connectivity index (χ3v) is 5.99. The quantitative estimate of drug-likeness (QED) is 0.0658. The van der Waals surface area contributed by atoms with Gasteiger partial charge in [-0.2, -0.15) is 0 Å². The standard InChI is InChI=1S/C32H64O9/c1-5-6-7-8-9-10-11-12-13-14-15-17-34-19-21-36-23-25-38-27-29-40-30-28-39-26-24-37-22-20-35-18-16-31(33)41-32(2,3)4/h5-30H2,1-4H3. The molecule has 0 unspecified atom stereocenters. The van der Waals surface area contributed by atoms with Gasteiger partial charge >= 0.3 is 5.97 Å². The van der Waals surface area contributed by atoms with Crippen LogP contribution in [0.2, 0.25) is 0 Å². The maximum atomic E-state index is 11.5. The van der Waals surface area contributed by atoms with Crippen LogP contribution < -0.4 is 0 Å². The maximum absolute atomic E-state index is 11.5. The van der Waals surface area contributed by atoms with Crippen LogP contribution in [0.1, 0.15) is 105 Å². The van der Waals surface area contributed by atoms with E-state index < -0.39 is 5.60 Å². The lowest BCUT2D eigenvalue weighted by molar-refractivity contribution is -0.156. The minimum absolute atomic E-state index is 0.244. The van der Waals surface area contributed by atoms with Gasteiger partial charge in [0.05, 0.1) is 92.3 Å². The summed E-state index contributed by atoms with van der Waals surface area (Å²) in [7, 11) is 0. The minimum Gasteiger partial charge on any atom is -0.460 e. The number of ether oxygens (including phenoxy) is 8. The molecule has 0 aliphatic carbocycles. The molecule has 0 aliphatic heterocycles. The van der Waals surface area contributed by atoms with Crippen molar-refractivity contribution in [3.05, 3.63) is 0 Å². The zero-order chi connectivity index (χ0) is 30.1. The highest BCUT2D eigenvalue weighted by molar-refractivity contribution is 5.69. The lowest BCUT2D eigenvalue weighted by Crippen LogP contribution is -2.24. The lowest BCUT2D eigenvalue weighted by Gasteiger charge is -2.19. The Morgan fingerprint density at radius 2 is 0.707 bits per heavy atom. The van der Waals surface area contributed by atoms with Crippen LogP contribution in [0.15, 0.2) is 0 Å². The second-order valence-corrected chi connectivity index (χ2v) is 11.2. The van der Waals surface area contributed by atoms with Crippen LogP contribution in [-0.2, 0) is 42.7 Å². The lowest BCUT2D eigenvalue weighted by atomic mass is 10.1. The SMILES string of the molecule is CCCCCCCCCCCCCOCCOCCOCCOCCOCCOCCOCCC(=O)OC(C)(C)C. The number of hydrogen-bond acceptors (Lipinski definition) is 9. The van der Waals surface area contributed by atoms with Crippen LogP contribution in [0, 0.1) is 0 Å². The van der Waals surface area contributed by atoms with Crippen LogP contribution in [0.5, 0.6) is 0 Å². The molecule has 0 heterocycles. The predicted molar refractivity (Wildman–Crippen MR) is 163 cm³/mol. The summed E-state index contributed by atoms with van der Waals surface area (Å²) in [5, 5.41) is 0. The van der Waals surface area contributed by atoms with E-state index >= 15 is 0 Å². The van der Waals surface area contributed by atoms with Gasteiger partial charge in [0.15, 0.2) is 0 Å². The molecule has 0 radical (unpaired) electrons. The molecule has 41 heavy (non-hydrogen) atoms. The Bertz CT molecular complexity index is 526. The summed E-state index contributed by atoms with van der Waals surface area (Å²) in [6.45, 7) is 15.3. The highest BCUT2D eigenvalue weighted by atomic mass is 16.6. The molecule has 0 spiro atoms. The largest absolute Gasteiger partial charge is 0.460 e. The summed E-state index contributed by atoms with van der Waals surface area (Å²) in [6, 6.07) is 0. The highest BCUT2D eigenvalue weighted by Crippen LogP contribution is 2.11. The van der Waals surface area contributed by atoms with Crippen LogP contribution in [0.4, 0.5) is 0 Å². The fourth-order valence-corrected chi connectivity index (χ4v) is 3.84. The number of carbonyl (C=O) groups excluding carboxylic acids is 1. The molecule has 0 aliphatic rings. The average molecular weight is 593 g/mol. The molecule has 9 nitrogen and oxygen atoms in total. The van der Waals surface area contributed by atoms with Crippen LogP contribution in [0.3, 0.4) is 0 Å². The van der Waals surface area contributed by atoms with Crippen molar-refractivity contribution in [1.29, 1.82) is 0 Å². The number of carbonyl (C=O) groups is 1. The van der Waals surface area contributed by atoms with Crippen LogP contribution in [-0.4, -0.2) is 104 Å². The number of unbranched alkanes of at least 4 members (excludes halogenated alkanes) is 10. The molecule has 0 saturated carbocycles. The van der Waals surface area contributed by atoms with Crippen molar-refractivity contribution in [3.8, 4) is 0 Å². The minimum atomic E-state index is -0.463. The van der Waals surface area contributed by atoms with Crippen molar-refractivity contribution >= 4 is 5.97 Å². The first-order chi connectivity index (χ1) is 20.0. The number of rotatable bonds is 33. The zero-order valence-corrected chi connectivity index (χ0v) is 27.1. The smallest absolute Gasteiger partial charge is 0.308 e. The third kappa shape index (κ3) is 37.2. The highest BCUT2D eigenvalue weighted by Gasteiger charge is 2.15. The number of esters is 1. The van der Waals surface area contributed by atoms with E-state index in [-0.39, 0.29) is 12.4 Å². The van der Waals surface area contributed by atoms with Gasteiger partial charge in [-0.3, -0.25) is 4.79 Å². The normalized spacial score (nSPS) is 11.8. The Kier molecular flexibility index (Phi) is 31.5. The van der Waals surface area contributed by atoms with E-state index in [2.05, 4.69) is 6.92 Å². The summed E-state index contributed by atoms with van der Waals surface area (Å²) < 4.78 is 43.6. The summed E-state index contributed by atoms with van der Waals surface area (Å²) in [6.07, 6.45) is 15.1. The van der Waals surface area contributed by atoms with Gasteiger partial charge in [-0.15, -0.1) is 0 Å². The average Bonchev–Trinajstić information content (AvgIpc) is 2.92. The molecule has 0 aromatic rings. The van der Waals surface area contributed by atoms with Gasteiger partial charge in [0, 0.05) is 6.61 Å². The zero-order valence-electron chi connectivity index (χ0n) is 27.1. The molecular weight excluding hydrogens is 528 g/mol. The Labute approximate surface area is 251 Å². The summed E-state index contributed by atoms with van der Waals surface area (Å²) in [5.74, 6) is -0.254. The van der Waals surface area contributed by atoms with Crippen LogP contribution >= 0.6 is 0 Å². The molecule has 0 bridgehead atoms. The van der Waals surface area contributed by atoms with Crippen molar-refractivity contribution in [3.63, 3.8) is 0 Å². The molecule has 0 N–H and O–H groups in total. The van der Waals surface area contributed by atoms with E-state index in [0.717, 1.165) is 13.0 Å². The van der Waals surface area contributed by atoms with E-state index in [0.29, 0.717) is 85.9 Å². The van der Waals surface area contributed by atoms with E-state index in [1.807, 2.05) is 20.8 Å². The molecular formula is C32H64O9. The van der Waals surface area contributed by atoms with Crippen molar-refractivity contribution in [2.75, 3.05) is 92.5 Å². The Morgan fingerprint density at radius 3 is 1.05 bits per heavy atom. The van der Waals surface area contributed by atoms with Crippen LogP contribution in [0.25, 0.3) is 0 Å². The fraction of sp³-hybridized carbons (Fsp3) is 0.969. The Balaban J connectivity index is 3.09.